The van der Waals surface area contributed by atoms with Gasteiger partial charge in [0.05, 0.1) is 9.26 Å². The van der Waals surface area contributed by atoms with Gasteiger partial charge in [-0.15, -0.1) is 0 Å². The van der Waals surface area contributed by atoms with Crippen LogP contribution < -0.4 is 11.5 Å². The zero-order chi connectivity index (χ0) is 9.30. The van der Waals surface area contributed by atoms with Gasteiger partial charge in [0, 0.05) is 6.07 Å². The Morgan fingerprint density at radius 3 is 2.50 bits per heavy atom. The van der Waals surface area contributed by atoms with Crippen LogP contribution in [0.5, 0.6) is 0 Å². The molecule has 1 heterocycles. The molecule has 4 N–H and O–H groups in total. The van der Waals surface area contributed by atoms with Crippen molar-refractivity contribution in [1.29, 1.82) is 0 Å². The molecular formula is C6H6F2IN3. The van der Waals surface area contributed by atoms with Crippen molar-refractivity contribution in [3.8, 4) is 0 Å². The van der Waals surface area contributed by atoms with Gasteiger partial charge in [-0.3, -0.25) is 0 Å². The third-order valence-electron chi connectivity index (χ3n) is 1.24. The highest BCUT2D eigenvalue weighted by atomic mass is 127. The first-order valence-corrected chi connectivity index (χ1v) is 4.09. The van der Waals surface area contributed by atoms with Crippen LogP contribution in [0.2, 0.25) is 0 Å². The number of pyridine rings is 1. The molecule has 0 aromatic carbocycles. The SMILES string of the molecule is Nc1cc(N)c(I)c(C(F)F)n1. The van der Waals surface area contributed by atoms with Gasteiger partial charge in [0.15, 0.2) is 0 Å². The standard InChI is InChI=1S/C6H6F2IN3/c7-6(8)5-4(9)2(10)1-3(11)12-5/h1,6H,(H4,10,11,12). The zero-order valence-corrected chi connectivity index (χ0v) is 8.05. The molecule has 0 aliphatic carbocycles. The molecule has 0 saturated carbocycles. The van der Waals surface area contributed by atoms with E-state index in [9.17, 15) is 8.78 Å². The molecule has 0 bridgehead atoms. The molecule has 1 rings (SSSR count). The molecule has 6 heteroatoms. The van der Waals surface area contributed by atoms with E-state index in [0.29, 0.717) is 0 Å². The van der Waals surface area contributed by atoms with E-state index in [1.165, 1.54) is 6.07 Å². The molecule has 0 unspecified atom stereocenters. The Balaban J connectivity index is 3.28. The number of hydrogen-bond acceptors (Lipinski definition) is 3. The molecule has 0 spiro atoms. The minimum atomic E-state index is -2.64. The van der Waals surface area contributed by atoms with Crippen LogP contribution in [0.25, 0.3) is 0 Å². The summed E-state index contributed by atoms with van der Waals surface area (Å²) in [5.41, 5.74) is 10.5. The number of alkyl halides is 2. The Hall–Kier alpha value is -0.660. The number of nitrogen functional groups attached to an aromatic ring is 2. The third kappa shape index (κ3) is 1.74. The molecule has 0 radical (unpaired) electrons. The normalized spacial score (nSPS) is 10.7. The fraction of sp³-hybridized carbons (Fsp3) is 0.167. The van der Waals surface area contributed by atoms with Crippen molar-refractivity contribution in [1.82, 2.24) is 4.98 Å². The van der Waals surface area contributed by atoms with Gasteiger partial charge in [-0.2, -0.15) is 0 Å². The lowest BCUT2D eigenvalue weighted by molar-refractivity contribution is 0.145. The zero-order valence-electron chi connectivity index (χ0n) is 5.89. The lowest BCUT2D eigenvalue weighted by atomic mass is 10.3. The smallest absolute Gasteiger partial charge is 0.281 e. The summed E-state index contributed by atoms with van der Waals surface area (Å²) in [6.45, 7) is 0. The molecule has 66 valence electrons. The number of hydrogen-bond donors (Lipinski definition) is 2. The predicted octanol–water partition coefficient (Wildman–Crippen LogP) is 1.79. The van der Waals surface area contributed by atoms with E-state index in [0.717, 1.165) is 0 Å². The van der Waals surface area contributed by atoms with Crippen molar-refractivity contribution in [2.45, 2.75) is 6.43 Å². The van der Waals surface area contributed by atoms with E-state index in [4.69, 9.17) is 11.5 Å². The summed E-state index contributed by atoms with van der Waals surface area (Å²) in [6.07, 6.45) is -2.64. The number of nitrogens with zero attached hydrogens (tertiary/aromatic N) is 1. The first-order chi connectivity index (χ1) is 5.52. The second kappa shape index (κ2) is 3.38. The Morgan fingerprint density at radius 1 is 1.42 bits per heavy atom. The van der Waals surface area contributed by atoms with Gasteiger partial charge in [0.25, 0.3) is 6.43 Å². The van der Waals surface area contributed by atoms with Crippen LogP contribution in [0.3, 0.4) is 0 Å². The van der Waals surface area contributed by atoms with E-state index in [1.54, 1.807) is 22.6 Å². The summed E-state index contributed by atoms with van der Waals surface area (Å²) in [7, 11) is 0. The van der Waals surface area contributed by atoms with Gasteiger partial charge in [-0.1, -0.05) is 0 Å². The summed E-state index contributed by atoms with van der Waals surface area (Å²) in [6, 6.07) is 1.35. The van der Waals surface area contributed by atoms with E-state index < -0.39 is 6.43 Å². The summed E-state index contributed by atoms with van der Waals surface area (Å²) < 4.78 is 24.7. The molecule has 0 aliphatic heterocycles. The van der Waals surface area contributed by atoms with Crippen LogP contribution >= 0.6 is 22.6 Å². The van der Waals surface area contributed by atoms with Crippen LogP contribution in [0.4, 0.5) is 20.3 Å². The molecule has 1 aromatic rings. The van der Waals surface area contributed by atoms with E-state index in [1.807, 2.05) is 0 Å². The maximum atomic E-state index is 12.2. The molecule has 0 saturated heterocycles. The van der Waals surface area contributed by atoms with Gasteiger partial charge in [-0.25, -0.2) is 13.8 Å². The monoisotopic (exact) mass is 285 g/mol. The van der Waals surface area contributed by atoms with Crippen LogP contribution in [0.15, 0.2) is 6.07 Å². The van der Waals surface area contributed by atoms with Crippen molar-refractivity contribution in [2.75, 3.05) is 11.5 Å². The molecule has 12 heavy (non-hydrogen) atoms. The Labute approximate surface area is 81.3 Å². The highest BCUT2D eigenvalue weighted by molar-refractivity contribution is 14.1. The van der Waals surface area contributed by atoms with Gasteiger partial charge in [0.2, 0.25) is 0 Å². The summed E-state index contributed by atoms with van der Waals surface area (Å²) >= 11 is 1.71. The van der Waals surface area contributed by atoms with E-state index in [-0.39, 0.29) is 20.8 Å². The molecule has 0 amide bonds. The Kier molecular flexibility index (Phi) is 2.65. The fourth-order valence-corrected chi connectivity index (χ4v) is 1.25. The van der Waals surface area contributed by atoms with Gasteiger partial charge >= 0.3 is 0 Å². The number of nitrogens with two attached hydrogens (primary N) is 2. The second-order valence-electron chi connectivity index (χ2n) is 2.14. The van der Waals surface area contributed by atoms with Crippen molar-refractivity contribution in [3.63, 3.8) is 0 Å². The minimum Gasteiger partial charge on any atom is -0.398 e. The molecule has 0 atom stereocenters. The van der Waals surface area contributed by atoms with Crippen molar-refractivity contribution < 1.29 is 8.78 Å². The average molecular weight is 285 g/mol. The number of aromatic nitrogens is 1. The maximum Gasteiger partial charge on any atom is 0.281 e. The summed E-state index contributed by atoms with van der Waals surface area (Å²) in [5, 5.41) is 0. The number of halogens is 3. The Morgan fingerprint density at radius 2 is 2.00 bits per heavy atom. The lowest BCUT2D eigenvalue weighted by Crippen LogP contribution is -2.03. The molecule has 1 aromatic heterocycles. The van der Waals surface area contributed by atoms with E-state index >= 15 is 0 Å². The number of rotatable bonds is 1. The first kappa shape index (κ1) is 9.43. The molecule has 0 aliphatic rings. The summed E-state index contributed by atoms with van der Waals surface area (Å²) in [5.74, 6) is 0.0169. The van der Waals surface area contributed by atoms with Gasteiger partial charge in [-0.05, 0) is 22.6 Å². The van der Waals surface area contributed by atoms with Crippen molar-refractivity contribution in [2.24, 2.45) is 0 Å². The summed E-state index contributed by atoms with van der Waals surface area (Å²) in [4.78, 5) is 3.47. The first-order valence-electron chi connectivity index (χ1n) is 3.02. The highest BCUT2D eigenvalue weighted by Crippen LogP contribution is 2.27. The number of anilines is 2. The topological polar surface area (TPSA) is 64.9 Å². The largest absolute Gasteiger partial charge is 0.398 e. The van der Waals surface area contributed by atoms with Crippen LogP contribution in [0, 0.1) is 3.57 Å². The molecule has 3 nitrogen and oxygen atoms in total. The minimum absolute atomic E-state index is 0.0169. The molecular weight excluding hydrogens is 279 g/mol. The fourth-order valence-electron chi connectivity index (χ4n) is 0.736. The van der Waals surface area contributed by atoms with Crippen molar-refractivity contribution >= 4 is 34.1 Å². The predicted molar refractivity (Wildman–Crippen MR) is 50.7 cm³/mol. The highest BCUT2D eigenvalue weighted by Gasteiger charge is 2.15. The van der Waals surface area contributed by atoms with Crippen LogP contribution in [-0.2, 0) is 0 Å². The second-order valence-corrected chi connectivity index (χ2v) is 3.22. The van der Waals surface area contributed by atoms with E-state index in [2.05, 4.69) is 4.98 Å². The van der Waals surface area contributed by atoms with Crippen LogP contribution in [0.1, 0.15) is 12.1 Å². The average Bonchev–Trinajstić information content (AvgIpc) is 1.96. The van der Waals surface area contributed by atoms with Crippen molar-refractivity contribution in [3.05, 3.63) is 15.3 Å². The third-order valence-corrected chi connectivity index (χ3v) is 2.41. The maximum absolute atomic E-state index is 12.2. The van der Waals surface area contributed by atoms with Gasteiger partial charge < -0.3 is 11.5 Å². The lowest BCUT2D eigenvalue weighted by Gasteiger charge is -2.05. The quantitative estimate of drug-likeness (QED) is 0.773. The molecule has 0 fully saturated rings. The Bertz CT molecular complexity index is 303. The van der Waals surface area contributed by atoms with Gasteiger partial charge in [0.1, 0.15) is 11.5 Å². The van der Waals surface area contributed by atoms with Crippen LogP contribution in [-0.4, -0.2) is 4.98 Å².